The second kappa shape index (κ2) is 7.44. The zero-order valence-electron chi connectivity index (χ0n) is 18.8. The molecule has 2 bridgehead atoms. The van der Waals surface area contributed by atoms with Gasteiger partial charge in [-0.05, 0) is 43.7 Å². The molecule has 182 valence electrons. The Labute approximate surface area is 200 Å². The van der Waals surface area contributed by atoms with E-state index in [9.17, 15) is 23.0 Å². The highest BCUT2D eigenvalue weighted by atomic mass is 32.3. The lowest BCUT2D eigenvalue weighted by atomic mass is 10.0. The van der Waals surface area contributed by atoms with Crippen molar-refractivity contribution in [2.75, 3.05) is 0 Å². The molecule has 0 saturated carbocycles. The zero-order valence-corrected chi connectivity index (χ0v) is 19.6. The van der Waals surface area contributed by atoms with Gasteiger partial charge in [0.2, 0.25) is 0 Å². The van der Waals surface area contributed by atoms with Gasteiger partial charge in [-0.2, -0.15) is 19.4 Å². The molecule has 4 heterocycles. The van der Waals surface area contributed by atoms with Gasteiger partial charge in [-0.15, -0.1) is 0 Å². The van der Waals surface area contributed by atoms with Crippen LogP contribution in [-0.2, 0) is 5.60 Å². The standard InChI is InChI=1S/C24H22F2N4O4S/c1-24(2,31)22-27-10-13(11-28-22)12-6-7-14-15(8-12)30-16-9-19(21(30)29-14)35(32,33)18-5-3-4-17(20(16)18)34-23(25)26/h3-8,10-11,16,19,23,31-33H,9H2,1-2H3/t16-,19-/m1/s1. The van der Waals surface area contributed by atoms with Gasteiger partial charge in [-0.25, -0.2) is 15.0 Å². The maximum atomic E-state index is 13.2. The minimum atomic E-state index is -3.34. The molecule has 0 saturated heterocycles. The summed E-state index contributed by atoms with van der Waals surface area (Å²) in [5, 5.41) is 9.48. The van der Waals surface area contributed by atoms with Gasteiger partial charge in [0.15, 0.2) is 5.82 Å². The van der Waals surface area contributed by atoms with Crippen molar-refractivity contribution in [3.63, 3.8) is 0 Å². The first-order valence-electron chi connectivity index (χ1n) is 11.0. The van der Waals surface area contributed by atoms with Crippen molar-refractivity contribution in [1.29, 1.82) is 0 Å². The van der Waals surface area contributed by atoms with Crippen LogP contribution in [0.15, 0.2) is 53.7 Å². The highest BCUT2D eigenvalue weighted by molar-refractivity contribution is 8.24. The molecule has 8 nitrogen and oxygen atoms in total. The number of hydrogen-bond acceptors (Lipinski definition) is 7. The van der Waals surface area contributed by atoms with Gasteiger partial charge in [0.25, 0.3) is 0 Å². The predicted octanol–water partition coefficient (Wildman–Crippen LogP) is 5.48. The Bertz CT molecular complexity index is 1470. The first kappa shape index (κ1) is 22.4. The summed E-state index contributed by atoms with van der Waals surface area (Å²) in [6.45, 7) is 0.172. The van der Waals surface area contributed by atoms with Gasteiger partial charge in [0.05, 0.1) is 22.0 Å². The van der Waals surface area contributed by atoms with Crippen LogP contribution in [0, 0.1) is 0 Å². The third kappa shape index (κ3) is 3.33. The fraction of sp³-hybridized carbons (Fsp3) is 0.292. The summed E-state index contributed by atoms with van der Waals surface area (Å²) in [5.74, 6) is 0.743. The topological polar surface area (TPSA) is 114 Å². The van der Waals surface area contributed by atoms with E-state index in [0.29, 0.717) is 29.1 Å². The highest BCUT2D eigenvalue weighted by Crippen LogP contribution is 2.72. The highest BCUT2D eigenvalue weighted by Gasteiger charge is 2.50. The minimum Gasteiger partial charge on any atom is -0.434 e. The van der Waals surface area contributed by atoms with Crippen molar-refractivity contribution < 1.29 is 27.7 Å². The molecular weight excluding hydrogens is 478 g/mol. The van der Waals surface area contributed by atoms with Crippen LogP contribution in [-0.4, -0.2) is 40.3 Å². The number of aliphatic hydroxyl groups is 1. The van der Waals surface area contributed by atoms with E-state index in [1.165, 1.54) is 12.1 Å². The summed E-state index contributed by atoms with van der Waals surface area (Å²) in [6, 6.07) is 9.62. The van der Waals surface area contributed by atoms with Crippen molar-refractivity contribution in [1.82, 2.24) is 19.5 Å². The number of hydrogen-bond donors (Lipinski definition) is 3. The number of alkyl halides is 2. The van der Waals surface area contributed by atoms with Crippen molar-refractivity contribution in [2.24, 2.45) is 0 Å². The largest absolute Gasteiger partial charge is 0.434 e. The summed E-state index contributed by atoms with van der Waals surface area (Å²) >= 11 is 0. The molecule has 0 fully saturated rings. The molecule has 0 unspecified atom stereocenters. The number of benzene rings is 2. The van der Waals surface area contributed by atoms with Crippen molar-refractivity contribution in [3.05, 3.63) is 66.0 Å². The molecule has 0 amide bonds. The van der Waals surface area contributed by atoms with Crippen LogP contribution in [0.4, 0.5) is 8.78 Å². The van der Waals surface area contributed by atoms with E-state index in [2.05, 4.69) is 9.97 Å². The molecule has 4 aromatic rings. The number of fused-ring (bicyclic) bond motifs is 9. The number of rotatable bonds is 4. The van der Waals surface area contributed by atoms with E-state index in [-0.39, 0.29) is 10.6 Å². The Morgan fingerprint density at radius 1 is 1.11 bits per heavy atom. The molecule has 2 aliphatic rings. The van der Waals surface area contributed by atoms with Crippen LogP contribution < -0.4 is 4.74 Å². The van der Waals surface area contributed by atoms with Gasteiger partial charge < -0.3 is 14.4 Å². The van der Waals surface area contributed by atoms with E-state index in [4.69, 9.17) is 9.72 Å². The molecule has 2 aromatic carbocycles. The van der Waals surface area contributed by atoms with Gasteiger partial charge in [-0.1, -0.05) is 12.1 Å². The molecule has 6 rings (SSSR count). The summed E-state index contributed by atoms with van der Waals surface area (Å²) in [5.41, 5.74) is 2.09. The fourth-order valence-corrected chi connectivity index (χ4v) is 7.10. The first-order valence-corrected chi connectivity index (χ1v) is 12.6. The monoisotopic (exact) mass is 500 g/mol. The summed E-state index contributed by atoms with van der Waals surface area (Å²) in [4.78, 5) is 13.5. The maximum Gasteiger partial charge on any atom is 0.387 e. The molecule has 3 N–H and O–H groups in total. The lowest BCUT2D eigenvalue weighted by molar-refractivity contribution is -0.0509. The Morgan fingerprint density at radius 2 is 1.86 bits per heavy atom. The van der Waals surface area contributed by atoms with Crippen LogP contribution >= 0.6 is 10.6 Å². The SMILES string of the molecule is CC(C)(O)c1ncc(-c2ccc3nc4n(c3c2)[C@@H]2C[C@H]4S(O)(O)c3cccc(OC(F)F)c32)cn1. The molecule has 0 radical (unpaired) electrons. The van der Waals surface area contributed by atoms with Crippen molar-refractivity contribution in [2.45, 2.75) is 48.7 Å². The molecule has 0 spiro atoms. The quantitative estimate of drug-likeness (QED) is 0.340. The molecule has 2 aliphatic heterocycles. The van der Waals surface area contributed by atoms with E-state index < -0.39 is 34.1 Å². The normalized spacial score (nSPS) is 21.1. The van der Waals surface area contributed by atoms with E-state index in [0.717, 1.165) is 16.6 Å². The van der Waals surface area contributed by atoms with Crippen LogP contribution in [0.2, 0.25) is 0 Å². The maximum absolute atomic E-state index is 13.2. The first-order chi connectivity index (χ1) is 16.6. The second-order valence-corrected chi connectivity index (χ2v) is 11.5. The predicted molar refractivity (Wildman–Crippen MR) is 126 cm³/mol. The molecule has 0 aliphatic carbocycles. The Morgan fingerprint density at radius 3 is 2.54 bits per heavy atom. The third-order valence-electron chi connectivity index (χ3n) is 6.58. The van der Waals surface area contributed by atoms with Gasteiger partial charge in [0, 0.05) is 29.9 Å². The lowest BCUT2D eigenvalue weighted by Gasteiger charge is -2.42. The van der Waals surface area contributed by atoms with E-state index in [1.807, 2.05) is 22.8 Å². The number of imidazole rings is 1. The summed E-state index contributed by atoms with van der Waals surface area (Å²) in [6.07, 6.45) is 3.58. The van der Waals surface area contributed by atoms with Gasteiger partial charge >= 0.3 is 6.61 Å². The van der Waals surface area contributed by atoms with Crippen molar-refractivity contribution >= 4 is 21.6 Å². The Balaban J connectivity index is 1.51. The fourth-order valence-electron chi connectivity index (χ4n) is 5.05. The van der Waals surface area contributed by atoms with Gasteiger partial charge in [0.1, 0.15) is 22.4 Å². The average Bonchev–Trinajstić information content (AvgIpc) is 3.33. The Kier molecular flexibility index (Phi) is 4.75. The van der Waals surface area contributed by atoms with Crippen LogP contribution in [0.25, 0.3) is 22.2 Å². The molecule has 11 heteroatoms. The third-order valence-corrected chi connectivity index (χ3v) is 8.78. The Hall–Kier alpha value is -3.12. The van der Waals surface area contributed by atoms with Crippen molar-refractivity contribution in [3.8, 4) is 16.9 Å². The molecule has 2 aromatic heterocycles. The van der Waals surface area contributed by atoms with Crippen LogP contribution in [0.1, 0.15) is 48.8 Å². The number of aromatic nitrogens is 4. The number of halogens is 2. The van der Waals surface area contributed by atoms with E-state index >= 15 is 0 Å². The lowest BCUT2D eigenvalue weighted by Crippen LogP contribution is -2.19. The zero-order chi connectivity index (χ0) is 24.7. The minimum absolute atomic E-state index is 0.0672. The number of nitrogens with zero attached hydrogens (tertiary/aromatic N) is 4. The molecule has 2 atom stereocenters. The summed E-state index contributed by atoms with van der Waals surface area (Å²) < 4.78 is 55.4. The molecule has 35 heavy (non-hydrogen) atoms. The van der Waals surface area contributed by atoms with Crippen LogP contribution in [0.5, 0.6) is 5.75 Å². The summed E-state index contributed by atoms with van der Waals surface area (Å²) in [7, 11) is -3.34. The van der Waals surface area contributed by atoms with E-state index in [1.54, 1.807) is 32.3 Å². The average molecular weight is 501 g/mol. The van der Waals surface area contributed by atoms with Crippen LogP contribution in [0.3, 0.4) is 0 Å². The second-order valence-electron chi connectivity index (χ2n) is 9.28. The van der Waals surface area contributed by atoms with Gasteiger partial charge in [-0.3, -0.25) is 9.11 Å². The smallest absolute Gasteiger partial charge is 0.387 e. The molecular formula is C24H22F2N4O4S. The number of ether oxygens (including phenoxy) is 1.